The minimum absolute atomic E-state index is 0.106. The second-order valence-corrected chi connectivity index (χ2v) is 5.59. The first kappa shape index (κ1) is 15.5. The first-order valence-electron chi connectivity index (χ1n) is 7.29. The lowest BCUT2D eigenvalue weighted by atomic mass is 9.96. The van der Waals surface area contributed by atoms with Gasteiger partial charge in [-0.2, -0.15) is 5.26 Å². The molecule has 2 atom stereocenters. The van der Waals surface area contributed by atoms with Gasteiger partial charge in [-0.3, -0.25) is 4.79 Å². The average Bonchev–Trinajstić information content (AvgIpc) is 2.49. The van der Waals surface area contributed by atoms with Gasteiger partial charge in [0.2, 0.25) is 5.91 Å². The molecule has 0 aliphatic carbocycles. The third kappa shape index (κ3) is 4.28. The molecule has 0 aromatic heterocycles. The van der Waals surface area contributed by atoms with Gasteiger partial charge in [-0.05, 0) is 31.0 Å². The van der Waals surface area contributed by atoms with Crippen LogP contribution < -0.4 is 5.32 Å². The Balaban J connectivity index is 1.82. The molecule has 5 nitrogen and oxygen atoms in total. The molecular formula is C16H21N3O2. The second kappa shape index (κ2) is 7.21. The van der Waals surface area contributed by atoms with Crippen LogP contribution in [0.1, 0.15) is 25.3 Å². The Hall–Kier alpha value is -1.90. The summed E-state index contributed by atoms with van der Waals surface area (Å²) in [7, 11) is 0. The number of nitrogens with zero attached hydrogens (tertiary/aromatic N) is 2. The number of rotatable bonds is 4. The summed E-state index contributed by atoms with van der Waals surface area (Å²) < 4.78 is 0. The van der Waals surface area contributed by atoms with Gasteiger partial charge in [0.15, 0.2) is 0 Å². The molecule has 1 aliphatic heterocycles. The zero-order valence-corrected chi connectivity index (χ0v) is 12.2. The van der Waals surface area contributed by atoms with Gasteiger partial charge >= 0.3 is 0 Å². The summed E-state index contributed by atoms with van der Waals surface area (Å²) in [4.78, 5) is 14.1. The van der Waals surface area contributed by atoms with Crippen molar-refractivity contribution in [3.05, 3.63) is 29.8 Å². The highest BCUT2D eigenvalue weighted by molar-refractivity contribution is 5.92. The highest BCUT2D eigenvalue weighted by Gasteiger charge is 2.24. The van der Waals surface area contributed by atoms with E-state index in [4.69, 9.17) is 5.26 Å². The molecule has 0 radical (unpaired) electrons. The van der Waals surface area contributed by atoms with Crippen LogP contribution in [-0.4, -0.2) is 41.7 Å². The van der Waals surface area contributed by atoms with Gasteiger partial charge in [-0.15, -0.1) is 0 Å². The van der Waals surface area contributed by atoms with Gasteiger partial charge in [0.05, 0.1) is 17.4 Å². The maximum Gasteiger partial charge on any atom is 0.225 e. The zero-order valence-electron chi connectivity index (χ0n) is 12.2. The summed E-state index contributed by atoms with van der Waals surface area (Å²) in [5, 5.41) is 21.6. The van der Waals surface area contributed by atoms with Crippen molar-refractivity contribution in [2.24, 2.45) is 5.92 Å². The van der Waals surface area contributed by atoms with E-state index in [1.807, 2.05) is 6.92 Å². The van der Waals surface area contributed by atoms with Crippen LogP contribution in [-0.2, 0) is 4.79 Å². The van der Waals surface area contributed by atoms with Crippen molar-refractivity contribution in [3.63, 3.8) is 0 Å². The van der Waals surface area contributed by atoms with E-state index in [2.05, 4.69) is 16.3 Å². The Labute approximate surface area is 125 Å². The molecule has 0 spiro atoms. The van der Waals surface area contributed by atoms with E-state index < -0.39 is 0 Å². The molecule has 1 heterocycles. The Kier molecular flexibility index (Phi) is 5.32. The van der Waals surface area contributed by atoms with Crippen LogP contribution in [0.3, 0.4) is 0 Å². The number of nitriles is 1. The summed E-state index contributed by atoms with van der Waals surface area (Å²) in [6, 6.07) is 9.02. The quantitative estimate of drug-likeness (QED) is 0.881. The van der Waals surface area contributed by atoms with Crippen molar-refractivity contribution in [1.29, 1.82) is 5.26 Å². The molecule has 0 saturated carbocycles. The number of hydrogen-bond donors (Lipinski definition) is 2. The standard InChI is InChI=1S/C16H21N3O2/c1-12-6-8-19(11-15(12)20)9-7-16(21)18-14-5-3-2-4-13(14)10-17/h2-5,12,15,20H,6-9,11H2,1H3,(H,18,21). The molecule has 0 bridgehead atoms. The molecule has 1 fully saturated rings. The van der Waals surface area contributed by atoms with Gasteiger partial charge < -0.3 is 15.3 Å². The van der Waals surface area contributed by atoms with Crippen molar-refractivity contribution in [2.45, 2.75) is 25.9 Å². The molecule has 2 rings (SSSR count). The maximum atomic E-state index is 12.0. The van der Waals surface area contributed by atoms with Gasteiger partial charge in [0, 0.05) is 19.5 Å². The molecule has 5 heteroatoms. The van der Waals surface area contributed by atoms with Crippen molar-refractivity contribution in [2.75, 3.05) is 25.0 Å². The smallest absolute Gasteiger partial charge is 0.225 e. The van der Waals surface area contributed by atoms with Gasteiger partial charge in [-0.1, -0.05) is 19.1 Å². The van der Waals surface area contributed by atoms with Gasteiger partial charge in [-0.25, -0.2) is 0 Å². The number of piperidine rings is 1. The highest BCUT2D eigenvalue weighted by Crippen LogP contribution is 2.17. The number of aliphatic hydroxyl groups excluding tert-OH is 1. The van der Waals surface area contributed by atoms with Crippen LogP contribution in [0.5, 0.6) is 0 Å². The number of carbonyl (C=O) groups is 1. The zero-order chi connectivity index (χ0) is 15.2. The molecule has 1 amide bonds. The van der Waals surface area contributed by atoms with E-state index in [-0.39, 0.29) is 12.0 Å². The third-order valence-corrected chi connectivity index (χ3v) is 3.98. The van der Waals surface area contributed by atoms with Crippen LogP contribution in [0.15, 0.2) is 24.3 Å². The first-order chi connectivity index (χ1) is 10.1. The fourth-order valence-electron chi connectivity index (χ4n) is 2.48. The van der Waals surface area contributed by atoms with Crippen molar-refractivity contribution < 1.29 is 9.90 Å². The number of para-hydroxylation sites is 1. The SMILES string of the molecule is CC1CCN(CCC(=O)Nc2ccccc2C#N)CC1O. The lowest BCUT2D eigenvalue weighted by molar-refractivity contribution is -0.116. The van der Waals surface area contributed by atoms with E-state index in [0.29, 0.717) is 36.7 Å². The number of benzene rings is 1. The minimum Gasteiger partial charge on any atom is -0.392 e. The number of anilines is 1. The number of hydrogen-bond acceptors (Lipinski definition) is 4. The molecule has 1 saturated heterocycles. The van der Waals surface area contributed by atoms with Crippen molar-refractivity contribution >= 4 is 11.6 Å². The fourth-order valence-corrected chi connectivity index (χ4v) is 2.48. The normalized spacial score (nSPS) is 22.5. The van der Waals surface area contributed by atoms with Crippen LogP contribution in [0.25, 0.3) is 0 Å². The molecule has 21 heavy (non-hydrogen) atoms. The number of aliphatic hydroxyl groups is 1. The largest absolute Gasteiger partial charge is 0.392 e. The highest BCUT2D eigenvalue weighted by atomic mass is 16.3. The Morgan fingerprint density at radius 3 is 3.00 bits per heavy atom. The second-order valence-electron chi connectivity index (χ2n) is 5.59. The van der Waals surface area contributed by atoms with Crippen molar-refractivity contribution in [3.8, 4) is 6.07 Å². The van der Waals surface area contributed by atoms with E-state index in [9.17, 15) is 9.90 Å². The van der Waals surface area contributed by atoms with Crippen LogP contribution >= 0.6 is 0 Å². The first-order valence-corrected chi connectivity index (χ1v) is 7.29. The number of likely N-dealkylation sites (tertiary alicyclic amines) is 1. The third-order valence-electron chi connectivity index (χ3n) is 3.98. The van der Waals surface area contributed by atoms with E-state index in [1.54, 1.807) is 24.3 Å². The minimum atomic E-state index is -0.305. The Bertz CT molecular complexity index is 539. The molecule has 2 unspecified atom stereocenters. The summed E-state index contributed by atoms with van der Waals surface area (Å²) in [6.45, 7) is 4.22. The lowest BCUT2D eigenvalue weighted by Crippen LogP contribution is -2.43. The lowest BCUT2D eigenvalue weighted by Gasteiger charge is -2.34. The van der Waals surface area contributed by atoms with Crippen LogP contribution in [0.2, 0.25) is 0 Å². The van der Waals surface area contributed by atoms with E-state index in [0.717, 1.165) is 13.0 Å². The van der Waals surface area contributed by atoms with Crippen LogP contribution in [0, 0.1) is 17.2 Å². The summed E-state index contributed by atoms with van der Waals surface area (Å²) >= 11 is 0. The van der Waals surface area contributed by atoms with Gasteiger partial charge in [0.1, 0.15) is 6.07 Å². The number of carbonyl (C=O) groups excluding carboxylic acids is 1. The number of amides is 1. The number of nitrogens with one attached hydrogen (secondary N) is 1. The van der Waals surface area contributed by atoms with E-state index in [1.165, 1.54) is 0 Å². The summed E-state index contributed by atoms with van der Waals surface area (Å²) in [5.74, 6) is 0.225. The van der Waals surface area contributed by atoms with Gasteiger partial charge in [0.25, 0.3) is 0 Å². The molecule has 1 aromatic carbocycles. The Morgan fingerprint density at radius 1 is 1.52 bits per heavy atom. The molecule has 1 aliphatic rings. The monoisotopic (exact) mass is 287 g/mol. The van der Waals surface area contributed by atoms with E-state index >= 15 is 0 Å². The average molecular weight is 287 g/mol. The van der Waals surface area contributed by atoms with Crippen LogP contribution in [0.4, 0.5) is 5.69 Å². The molecular weight excluding hydrogens is 266 g/mol. The summed E-state index contributed by atoms with van der Waals surface area (Å²) in [6.07, 6.45) is 1.02. The molecule has 1 aromatic rings. The number of β-amino-alcohol motifs (C(OH)–C–C–N with tert-alkyl or cyclic N) is 1. The maximum absolute atomic E-state index is 12.0. The predicted octanol–water partition coefficient (Wildman–Crippen LogP) is 1.59. The topological polar surface area (TPSA) is 76.4 Å². The Morgan fingerprint density at radius 2 is 2.29 bits per heavy atom. The predicted molar refractivity (Wildman–Crippen MR) is 80.6 cm³/mol. The molecule has 2 N–H and O–H groups in total. The fraction of sp³-hybridized carbons (Fsp3) is 0.500. The summed E-state index contributed by atoms with van der Waals surface area (Å²) in [5.41, 5.74) is 1.02. The van der Waals surface area contributed by atoms with Crippen molar-refractivity contribution in [1.82, 2.24) is 4.90 Å². The molecule has 112 valence electrons.